The van der Waals surface area contributed by atoms with E-state index >= 15 is 0 Å². The third-order valence-electron chi connectivity index (χ3n) is 5.34. The van der Waals surface area contributed by atoms with Crippen LogP contribution in [0.5, 0.6) is 5.75 Å². The van der Waals surface area contributed by atoms with E-state index in [1.165, 1.54) is 38.5 Å². The second-order valence-electron chi connectivity index (χ2n) is 7.90. The number of rotatable bonds is 18. The molecule has 1 heterocycles. The van der Waals surface area contributed by atoms with Crippen LogP contribution in [0, 0.1) is 11.3 Å². The molecule has 0 atom stereocenters. The third-order valence-corrected chi connectivity index (χ3v) is 5.75. The van der Waals surface area contributed by atoms with Gasteiger partial charge >= 0.3 is 29.6 Å². The molecule has 0 N–H and O–H groups in total. The summed E-state index contributed by atoms with van der Waals surface area (Å²) in [5, 5.41) is 19.6. The molecule has 0 radical (unpaired) electrons. The largest absolute Gasteiger partial charge is 1.00 e. The minimum atomic E-state index is -0.934. The number of hydrogen-bond donors (Lipinski definition) is 0. The van der Waals surface area contributed by atoms with Crippen molar-refractivity contribution in [2.45, 2.75) is 96.3 Å². The quantitative estimate of drug-likeness (QED) is 0.130. The van der Waals surface area contributed by atoms with Gasteiger partial charge in [0, 0.05) is 17.6 Å². The van der Waals surface area contributed by atoms with E-state index in [9.17, 15) is 15.2 Å². The second kappa shape index (κ2) is 20.7. The van der Waals surface area contributed by atoms with E-state index in [1.54, 1.807) is 7.11 Å². The predicted molar refractivity (Wildman–Crippen MR) is 126 cm³/mol. The first-order valence-corrected chi connectivity index (χ1v) is 12.4. The molecule has 0 aliphatic rings. The summed E-state index contributed by atoms with van der Waals surface area (Å²) in [7, 11) is 1.63. The van der Waals surface area contributed by atoms with Gasteiger partial charge in [-0.2, -0.15) is 5.26 Å². The van der Waals surface area contributed by atoms with Gasteiger partial charge < -0.3 is 14.6 Å². The molecule has 0 aliphatic heterocycles. The van der Waals surface area contributed by atoms with Crippen LogP contribution < -0.4 is 39.4 Å². The van der Waals surface area contributed by atoms with Gasteiger partial charge in [-0.1, -0.05) is 57.1 Å². The number of carboxylic acids is 1. The monoisotopic (exact) mass is 514 g/mol. The van der Waals surface area contributed by atoms with Gasteiger partial charge in [0.1, 0.15) is 22.1 Å². The number of nitriles is 1. The topological polar surface area (TPSA) is 86.0 Å². The maximum Gasteiger partial charge on any atom is 1.00 e. The molecule has 5 nitrogen and oxygen atoms in total. The maximum atomic E-state index is 10.3. The van der Waals surface area contributed by atoms with Gasteiger partial charge in [-0.3, -0.25) is 0 Å². The van der Waals surface area contributed by atoms with Crippen molar-refractivity contribution in [3.63, 3.8) is 0 Å². The fraction of sp³-hybridized carbons (Fsp3) is 0.640. The molecule has 0 amide bonds. The molecule has 172 valence electrons. The first-order valence-electron chi connectivity index (χ1n) is 11.6. The number of halogens is 1. The van der Waals surface area contributed by atoms with E-state index in [0.29, 0.717) is 10.3 Å². The van der Waals surface area contributed by atoms with Gasteiger partial charge in [-0.25, -0.2) is 4.98 Å². The van der Waals surface area contributed by atoms with Crippen LogP contribution in [0.25, 0.3) is 0 Å². The zero-order valence-corrected chi connectivity index (χ0v) is 23.4. The van der Waals surface area contributed by atoms with Crippen molar-refractivity contribution >= 4 is 21.9 Å². The summed E-state index contributed by atoms with van der Waals surface area (Å²) in [5.41, 5.74) is 1.37. The zero-order chi connectivity index (χ0) is 22.7. The Kier molecular flexibility index (Phi) is 20.2. The molecule has 0 aromatic carbocycles. The van der Waals surface area contributed by atoms with Gasteiger partial charge in [0.2, 0.25) is 0 Å². The van der Waals surface area contributed by atoms with Crippen LogP contribution in [-0.4, -0.2) is 18.1 Å². The van der Waals surface area contributed by atoms with Crippen molar-refractivity contribution in [1.82, 2.24) is 4.98 Å². The van der Waals surface area contributed by atoms with Gasteiger partial charge in [0.25, 0.3) is 0 Å². The Bertz CT molecular complexity index is 720. The maximum absolute atomic E-state index is 10.3. The summed E-state index contributed by atoms with van der Waals surface area (Å²) >= 11 is 3.32. The van der Waals surface area contributed by atoms with E-state index in [-0.39, 0.29) is 36.0 Å². The van der Waals surface area contributed by atoms with Crippen LogP contribution in [0.15, 0.2) is 22.8 Å². The van der Waals surface area contributed by atoms with Crippen LogP contribution in [0.4, 0.5) is 0 Å². The summed E-state index contributed by atoms with van der Waals surface area (Å²) < 4.78 is 6.04. The Morgan fingerprint density at radius 3 is 2.09 bits per heavy atom. The Balaban J connectivity index is 0.00000961. The number of nitrogens with zero attached hydrogens (tertiary/aromatic N) is 2. The average Bonchev–Trinajstić information content (AvgIpc) is 2.75. The summed E-state index contributed by atoms with van der Waals surface area (Å²) in [6.45, 7) is 0. The number of unbranched alkanes of at least 4 members (excludes halogenated alkanes) is 11. The van der Waals surface area contributed by atoms with Crippen molar-refractivity contribution in [2.24, 2.45) is 0 Å². The van der Waals surface area contributed by atoms with Crippen molar-refractivity contribution in [2.75, 3.05) is 7.11 Å². The molecule has 7 heteroatoms. The number of carbonyl (C=O) groups is 1. The van der Waals surface area contributed by atoms with E-state index in [2.05, 4.69) is 39.1 Å². The van der Waals surface area contributed by atoms with Crippen molar-refractivity contribution < 1.29 is 44.2 Å². The van der Waals surface area contributed by atoms with Crippen LogP contribution in [0.1, 0.15) is 101 Å². The number of allylic oxidation sites excluding steroid dienone is 2. The Labute approximate surface area is 224 Å². The molecule has 0 spiro atoms. The fourth-order valence-corrected chi connectivity index (χ4v) is 3.99. The van der Waals surface area contributed by atoms with Crippen LogP contribution in [-0.2, 0) is 11.2 Å². The number of aliphatic carboxylic acids is 1. The van der Waals surface area contributed by atoms with Gasteiger partial charge in [0.15, 0.2) is 0 Å². The molecule has 0 fully saturated rings. The standard InChI is InChI=1S/C25H37BrN2O3.Na/c1-31-23-19-24(26)28-22(20-27)21(23)17-15-13-11-9-7-5-3-2-4-6-8-10-12-14-16-18-25(29)30;/h2,4,19H,3,5-18H2,1H3,(H,29,30);/q;+1/p-1/b4-2-;. The Morgan fingerprint density at radius 1 is 1.03 bits per heavy atom. The van der Waals surface area contributed by atoms with Crippen molar-refractivity contribution in [3.8, 4) is 11.8 Å². The van der Waals surface area contributed by atoms with Crippen LogP contribution in [0.3, 0.4) is 0 Å². The number of aromatic nitrogens is 1. The molecule has 1 aromatic rings. The van der Waals surface area contributed by atoms with E-state index in [0.717, 1.165) is 62.7 Å². The minimum absolute atomic E-state index is 0. The summed E-state index contributed by atoms with van der Waals surface area (Å²) in [5.74, 6) is -0.197. The molecule has 32 heavy (non-hydrogen) atoms. The van der Waals surface area contributed by atoms with E-state index < -0.39 is 5.97 Å². The van der Waals surface area contributed by atoms with Gasteiger partial charge in [-0.15, -0.1) is 0 Å². The first kappa shape index (κ1) is 31.1. The smallest absolute Gasteiger partial charge is 0.550 e. The SMILES string of the molecule is COc1cc(Br)nc(C#N)c1CCCCCCCC/C=C\CCCCCCCC(=O)[O-].[Na+]. The predicted octanol–water partition coefficient (Wildman–Crippen LogP) is 3.04. The molecule has 0 aliphatic carbocycles. The molecule has 0 saturated carbocycles. The number of hydrogen-bond acceptors (Lipinski definition) is 5. The minimum Gasteiger partial charge on any atom is -0.550 e. The van der Waals surface area contributed by atoms with Gasteiger partial charge in [-0.05, 0) is 67.3 Å². The molecule has 0 saturated heterocycles. The van der Waals surface area contributed by atoms with E-state index in [1.807, 2.05) is 6.07 Å². The average molecular weight is 515 g/mol. The normalized spacial score (nSPS) is 10.7. The number of carboxylic acid groups (broad SMARTS) is 1. The third kappa shape index (κ3) is 15.1. The summed E-state index contributed by atoms with van der Waals surface area (Å²) in [6, 6.07) is 3.99. The number of ether oxygens (including phenoxy) is 1. The van der Waals surface area contributed by atoms with Gasteiger partial charge in [0.05, 0.1) is 7.11 Å². The number of pyridine rings is 1. The first-order chi connectivity index (χ1) is 15.1. The summed E-state index contributed by atoms with van der Waals surface area (Å²) in [4.78, 5) is 14.6. The molecule has 1 aromatic heterocycles. The van der Waals surface area contributed by atoms with Crippen molar-refractivity contribution in [3.05, 3.63) is 34.1 Å². The molecular weight excluding hydrogens is 479 g/mol. The molecule has 1 rings (SSSR count). The van der Waals surface area contributed by atoms with E-state index in [4.69, 9.17) is 4.74 Å². The zero-order valence-electron chi connectivity index (χ0n) is 19.8. The van der Waals surface area contributed by atoms with Crippen LogP contribution in [0.2, 0.25) is 0 Å². The Morgan fingerprint density at radius 2 is 1.56 bits per heavy atom. The van der Waals surface area contributed by atoms with Crippen LogP contribution >= 0.6 is 15.9 Å². The van der Waals surface area contributed by atoms with Crippen molar-refractivity contribution in [1.29, 1.82) is 5.26 Å². The molecule has 0 unspecified atom stereocenters. The molecule has 0 bridgehead atoms. The fourth-order valence-electron chi connectivity index (χ4n) is 3.60. The number of methoxy groups -OCH3 is 1. The summed E-state index contributed by atoms with van der Waals surface area (Å²) in [6.07, 6.45) is 20.3. The number of carbonyl (C=O) groups excluding carboxylic acids is 1. The molecular formula is C25H36BrN2NaO3. The Hall–Kier alpha value is -0.870. The second-order valence-corrected chi connectivity index (χ2v) is 8.71.